The molecule has 0 saturated carbocycles. The smallest absolute Gasteiger partial charge is 0.220 e. The summed E-state index contributed by atoms with van der Waals surface area (Å²) in [4.78, 5) is 14.8. The van der Waals surface area contributed by atoms with Crippen molar-refractivity contribution < 1.29 is 9.90 Å². The average Bonchev–Trinajstić information content (AvgIpc) is 2.82. The van der Waals surface area contributed by atoms with Gasteiger partial charge >= 0.3 is 0 Å². The normalized spacial score (nSPS) is 12.5. The molecule has 1 atom stereocenters. The van der Waals surface area contributed by atoms with E-state index in [9.17, 15) is 4.79 Å². The molecule has 0 radical (unpaired) electrons. The Morgan fingerprint density at radius 1 is 1.42 bits per heavy atom. The monoisotopic (exact) mass is 260 g/mol. The fourth-order valence-corrected chi connectivity index (χ4v) is 2.17. The van der Waals surface area contributed by atoms with Crippen molar-refractivity contribution >= 4 is 16.8 Å². The molecule has 0 aliphatic carbocycles. The summed E-state index contributed by atoms with van der Waals surface area (Å²) < 4.78 is 0. The highest BCUT2D eigenvalue weighted by Gasteiger charge is 2.07. The van der Waals surface area contributed by atoms with Gasteiger partial charge in [-0.3, -0.25) is 4.79 Å². The van der Waals surface area contributed by atoms with E-state index in [1.54, 1.807) is 6.92 Å². The number of aliphatic hydroxyl groups is 1. The minimum atomic E-state index is -0.166. The number of rotatable bonds is 6. The van der Waals surface area contributed by atoms with E-state index < -0.39 is 0 Å². The molecule has 0 aliphatic rings. The van der Waals surface area contributed by atoms with E-state index in [4.69, 9.17) is 5.11 Å². The quantitative estimate of drug-likeness (QED) is 0.743. The van der Waals surface area contributed by atoms with Gasteiger partial charge in [0.1, 0.15) is 0 Å². The van der Waals surface area contributed by atoms with Gasteiger partial charge in [0.2, 0.25) is 5.91 Å². The van der Waals surface area contributed by atoms with Crippen LogP contribution < -0.4 is 5.32 Å². The molecule has 0 aliphatic heterocycles. The van der Waals surface area contributed by atoms with E-state index >= 15 is 0 Å². The van der Waals surface area contributed by atoms with Gasteiger partial charge in [-0.05, 0) is 31.4 Å². The number of aliphatic hydroxyl groups excluding tert-OH is 1. The topological polar surface area (TPSA) is 65.1 Å². The predicted molar refractivity (Wildman–Crippen MR) is 75.9 cm³/mol. The molecule has 0 spiro atoms. The number of aryl methyl sites for hydroxylation is 1. The first-order valence-corrected chi connectivity index (χ1v) is 6.66. The molecule has 4 nitrogen and oxygen atoms in total. The van der Waals surface area contributed by atoms with Crippen LogP contribution in [0.15, 0.2) is 30.5 Å². The van der Waals surface area contributed by atoms with Gasteiger partial charge in [0, 0.05) is 29.6 Å². The number of carbonyl (C=O) groups excluding carboxylic acids is 1. The predicted octanol–water partition coefficient (Wildman–Crippen LogP) is 1.99. The minimum absolute atomic E-state index is 0.00129. The Morgan fingerprint density at radius 2 is 2.21 bits per heavy atom. The Hall–Kier alpha value is -1.81. The van der Waals surface area contributed by atoms with E-state index in [-0.39, 0.29) is 18.6 Å². The third-order valence-electron chi connectivity index (χ3n) is 3.21. The van der Waals surface area contributed by atoms with Crippen molar-refractivity contribution in [3.05, 3.63) is 36.0 Å². The SMILES string of the molecule is C[C@@H](CO)NC(=O)CCCc1c[nH]c2ccccc12. The molecule has 0 fully saturated rings. The van der Waals surface area contributed by atoms with Crippen LogP contribution in [0.3, 0.4) is 0 Å². The summed E-state index contributed by atoms with van der Waals surface area (Å²) in [6, 6.07) is 8.01. The molecule has 0 saturated heterocycles. The number of hydrogen-bond acceptors (Lipinski definition) is 2. The summed E-state index contributed by atoms with van der Waals surface area (Å²) in [5.74, 6) is 0.00129. The second kappa shape index (κ2) is 6.38. The van der Waals surface area contributed by atoms with Crippen molar-refractivity contribution in [3.63, 3.8) is 0 Å². The number of H-pyrrole nitrogens is 1. The molecule has 2 rings (SSSR count). The minimum Gasteiger partial charge on any atom is -0.394 e. The van der Waals surface area contributed by atoms with Crippen molar-refractivity contribution in [2.75, 3.05) is 6.61 Å². The van der Waals surface area contributed by atoms with Crippen LogP contribution in [-0.4, -0.2) is 28.6 Å². The number of amides is 1. The number of aromatic nitrogens is 1. The van der Waals surface area contributed by atoms with Gasteiger partial charge in [-0.2, -0.15) is 0 Å². The van der Waals surface area contributed by atoms with Crippen LogP contribution in [0, 0.1) is 0 Å². The molecular weight excluding hydrogens is 240 g/mol. The lowest BCUT2D eigenvalue weighted by molar-refractivity contribution is -0.122. The van der Waals surface area contributed by atoms with Crippen LogP contribution in [0.25, 0.3) is 10.9 Å². The Morgan fingerprint density at radius 3 is 3.00 bits per heavy atom. The lowest BCUT2D eigenvalue weighted by Gasteiger charge is -2.10. The van der Waals surface area contributed by atoms with Crippen LogP contribution in [0.1, 0.15) is 25.3 Å². The fourth-order valence-electron chi connectivity index (χ4n) is 2.17. The zero-order valence-electron chi connectivity index (χ0n) is 11.1. The Labute approximate surface area is 112 Å². The molecule has 1 heterocycles. The number of carbonyl (C=O) groups is 1. The summed E-state index contributed by atoms with van der Waals surface area (Å²) in [5, 5.41) is 12.8. The molecule has 102 valence electrons. The lowest BCUT2D eigenvalue weighted by atomic mass is 10.1. The van der Waals surface area contributed by atoms with Gasteiger partial charge in [-0.15, -0.1) is 0 Å². The fraction of sp³-hybridized carbons (Fsp3) is 0.400. The molecule has 0 unspecified atom stereocenters. The molecular formula is C15H20N2O2. The third kappa shape index (κ3) is 3.58. The third-order valence-corrected chi connectivity index (χ3v) is 3.21. The number of hydrogen-bond donors (Lipinski definition) is 3. The molecule has 1 aromatic heterocycles. The van der Waals surface area contributed by atoms with E-state index in [2.05, 4.69) is 22.4 Å². The number of fused-ring (bicyclic) bond motifs is 1. The highest BCUT2D eigenvalue weighted by Crippen LogP contribution is 2.19. The Kier molecular flexibility index (Phi) is 4.58. The first-order chi connectivity index (χ1) is 9.20. The number of benzene rings is 1. The maximum atomic E-state index is 11.6. The highest BCUT2D eigenvalue weighted by molar-refractivity contribution is 5.83. The summed E-state index contributed by atoms with van der Waals surface area (Å²) in [7, 11) is 0. The molecule has 1 aromatic carbocycles. The van der Waals surface area contributed by atoms with Crippen LogP contribution in [0.2, 0.25) is 0 Å². The van der Waals surface area contributed by atoms with Gasteiger partial charge in [0.25, 0.3) is 0 Å². The van der Waals surface area contributed by atoms with Crippen molar-refractivity contribution in [1.29, 1.82) is 0 Å². The largest absolute Gasteiger partial charge is 0.394 e. The maximum Gasteiger partial charge on any atom is 0.220 e. The van der Waals surface area contributed by atoms with Gasteiger partial charge in [0.15, 0.2) is 0 Å². The molecule has 1 amide bonds. The van der Waals surface area contributed by atoms with E-state index in [1.165, 1.54) is 10.9 Å². The van der Waals surface area contributed by atoms with Crippen LogP contribution in [0.4, 0.5) is 0 Å². The lowest BCUT2D eigenvalue weighted by Crippen LogP contribution is -2.34. The number of para-hydroxylation sites is 1. The maximum absolute atomic E-state index is 11.6. The molecule has 4 heteroatoms. The number of nitrogens with one attached hydrogen (secondary N) is 2. The highest BCUT2D eigenvalue weighted by atomic mass is 16.3. The molecule has 0 bridgehead atoms. The molecule has 19 heavy (non-hydrogen) atoms. The first-order valence-electron chi connectivity index (χ1n) is 6.66. The van der Waals surface area contributed by atoms with Crippen molar-refractivity contribution in [1.82, 2.24) is 10.3 Å². The second-order valence-electron chi connectivity index (χ2n) is 4.86. The zero-order chi connectivity index (χ0) is 13.7. The summed E-state index contributed by atoms with van der Waals surface area (Å²) >= 11 is 0. The van der Waals surface area contributed by atoms with Gasteiger partial charge in [-0.1, -0.05) is 18.2 Å². The van der Waals surface area contributed by atoms with E-state index in [0.29, 0.717) is 6.42 Å². The molecule has 3 N–H and O–H groups in total. The van der Waals surface area contributed by atoms with Gasteiger partial charge in [-0.25, -0.2) is 0 Å². The Bertz CT molecular complexity index is 548. The van der Waals surface area contributed by atoms with Gasteiger partial charge in [0.05, 0.1) is 6.61 Å². The summed E-state index contributed by atoms with van der Waals surface area (Å²) in [5.41, 5.74) is 2.38. The van der Waals surface area contributed by atoms with Crippen LogP contribution >= 0.6 is 0 Å². The molecule has 2 aromatic rings. The second-order valence-corrected chi connectivity index (χ2v) is 4.86. The van der Waals surface area contributed by atoms with E-state index in [1.807, 2.05) is 18.3 Å². The van der Waals surface area contributed by atoms with E-state index in [0.717, 1.165) is 18.4 Å². The van der Waals surface area contributed by atoms with Crippen molar-refractivity contribution in [2.45, 2.75) is 32.2 Å². The zero-order valence-corrected chi connectivity index (χ0v) is 11.1. The van der Waals surface area contributed by atoms with Crippen molar-refractivity contribution in [3.8, 4) is 0 Å². The summed E-state index contributed by atoms with van der Waals surface area (Å²) in [6.45, 7) is 1.77. The average molecular weight is 260 g/mol. The van der Waals surface area contributed by atoms with Gasteiger partial charge < -0.3 is 15.4 Å². The Balaban J connectivity index is 1.84. The first kappa shape index (κ1) is 13.6. The summed E-state index contributed by atoms with van der Waals surface area (Å²) in [6.07, 6.45) is 4.19. The van der Waals surface area contributed by atoms with Crippen molar-refractivity contribution in [2.24, 2.45) is 0 Å². The standard InChI is InChI=1S/C15H20N2O2/c1-11(10-18)17-15(19)8-4-5-12-9-16-14-7-3-2-6-13(12)14/h2-3,6-7,9,11,16,18H,4-5,8,10H2,1H3,(H,17,19)/t11-/m0/s1. The van der Waals surface area contributed by atoms with Crippen LogP contribution in [-0.2, 0) is 11.2 Å². The van der Waals surface area contributed by atoms with Crippen LogP contribution in [0.5, 0.6) is 0 Å². The number of aromatic amines is 1.